The summed E-state index contributed by atoms with van der Waals surface area (Å²) < 4.78 is 4.98. The maximum Gasteiger partial charge on any atom is 0.411 e. The van der Waals surface area contributed by atoms with Crippen LogP contribution in [0, 0.1) is 0 Å². The number of rotatable bonds is 5. The predicted molar refractivity (Wildman–Crippen MR) is 66.4 cm³/mol. The SMILES string of the molecule is C=Cc1cccc(NC(=O)OCCCC)c1. The van der Waals surface area contributed by atoms with Crippen LogP contribution in [0.25, 0.3) is 6.08 Å². The molecule has 0 bridgehead atoms. The molecule has 1 rings (SSSR count). The van der Waals surface area contributed by atoms with E-state index < -0.39 is 6.09 Å². The van der Waals surface area contributed by atoms with E-state index in [9.17, 15) is 4.79 Å². The monoisotopic (exact) mass is 219 g/mol. The number of anilines is 1. The maximum absolute atomic E-state index is 11.3. The number of hydrogen-bond donors (Lipinski definition) is 1. The Hall–Kier alpha value is -1.77. The smallest absolute Gasteiger partial charge is 0.411 e. The van der Waals surface area contributed by atoms with Crippen LogP contribution in [-0.4, -0.2) is 12.7 Å². The van der Waals surface area contributed by atoms with E-state index >= 15 is 0 Å². The molecule has 0 spiro atoms. The van der Waals surface area contributed by atoms with Crippen molar-refractivity contribution < 1.29 is 9.53 Å². The molecule has 0 aliphatic rings. The molecule has 1 aromatic rings. The van der Waals surface area contributed by atoms with Crippen LogP contribution in [0.15, 0.2) is 30.8 Å². The van der Waals surface area contributed by atoms with Crippen molar-refractivity contribution in [3.8, 4) is 0 Å². The van der Waals surface area contributed by atoms with Gasteiger partial charge in [-0.05, 0) is 24.1 Å². The lowest BCUT2D eigenvalue weighted by Crippen LogP contribution is -2.14. The molecule has 3 nitrogen and oxygen atoms in total. The van der Waals surface area contributed by atoms with Crippen molar-refractivity contribution in [2.75, 3.05) is 11.9 Å². The van der Waals surface area contributed by atoms with E-state index in [1.807, 2.05) is 24.3 Å². The van der Waals surface area contributed by atoms with Gasteiger partial charge in [-0.15, -0.1) is 0 Å². The molecular formula is C13H17NO2. The summed E-state index contributed by atoms with van der Waals surface area (Å²) in [5, 5.41) is 2.67. The highest BCUT2D eigenvalue weighted by molar-refractivity contribution is 5.85. The van der Waals surface area contributed by atoms with Crippen molar-refractivity contribution in [3.63, 3.8) is 0 Å². The molecule has 3 heteroatoms. The Kier molecular flexibility index (Phi) is 5.12. The number of carbonyl (C=O) groups excluding carboxylic acids is 1. The molecule has 0 aliphatic carbocycles. The zero-order valence-electron chi connectivity index (χ0n) is 9.53. The normalized spacial score (nSPS) is 9.56. The first-order chi connectivity index (χ1) is 7.76. The fraction of sp³-hybridized carbons (Fsp3) is 0.308. The number of benzene rings is 1. The molecule has 1 N–H and O–H groups in total. The van der Waals surface area contributed by atoms with Crippen molar-refractivity contribution in [1.82, 2.24) is 0 Å². The lowest BCUT2D eigenvalue weighted by molar-refractivity contribution is 0.160. The summed E-state index contributed by atoms with van der Waals surface area (Å²) in [7, 11) is 0. The molecule has 1 amide bonds. The molecule has 0 radical (unpaired) electrons. The summed E-state index contributed by atoms with van der Waals surface area (Å²) in [6.07, 6.45) is 3.22. The van der Waals surface area contributed by atoms with Crippen LogP contribution in [0.2, 0.25) is 0 Å². The van der Waals surface area contributed by atoms with Gasteiger partial charge in [-0.2, -0.15) is 0 Å². The molecule has 0 atom stereocenters. The highest BCUT2D eigenvalue weighted by Gasteiger charge is 2.02. The number of ether oxygens (including phenoxy) is 1. The number of unbranched alkanes of at least 4 members (excludes halogenated alkanes) is 1. The van der Waals surface area contributed by atoms with Crippen LogP contribution < -0.4 is 5.32 Å². The zero-order chi connectivity index (χ0) is 11.8. The van der Waals surface area contributed by atoms with Crippen LogP contribution in [0.4, 0.5) is 10.5 Å². The van der Waals surface area contributed by atoms with Gasteiger partial charge in [-0.25, -0.2) is 4.79 Å². The Labute approximate surface area is 96.1 Å². The summed E-state index contributed by atoms with van der Waals surface area (Å²) >= 11 is 0. The fourth-order valence-electron chi connectivity index (χ4n) is 1.21. The zero-order valence-corrected chi connectivity index (χ0v) is 9.53. The van der Waals surface area contributed by atoms with Crippen molar-refractivity contribution in [3.05, 3.63) is 36.4 Å². The van der Waals surface area contributed by atoms with Gasteiger partial charge in [0.1, 0.15) is 0 Å². The average Bonchev–Trinajstić information content (AvgIpc) is 2.29. The van der Waals surface area contributed by atoms with E-state index in [4.69, 9.17) is 4.74 Å². The first-order valence-electron chi connectivity index (χ1n) is 5.42. The highest BCUT2D eigenvalue weighted by atomic mass is 16.5. The van der Waals surface area contributed by atoms with Crippen molar-refractivity contribution in [2.24, 2.45) is 0 Å². The van der Waals surface area contributed by atoms with E-state index in [2.05, 4.69) is 18.8 Å². The standard InChI is InChI=1S/C13H17NO2/c1-3-5-9-16-13(15)14-12-8-6-7-11(4-2)10-12/h4,6-8,10H,2-3,5,9H2,1H3,(H,14,15). The first kappa shape index (κ1) is 12.3. The number of carbonyl (C=O) groups is 1. The van der Waals surface area contributed by atoms with Crippen molar-refractivity contribution in [2.45, 2.75) is 19.8 Å². The summed E-state index contributed by atoms with van der Waals surface area (Å²) in [4.78, 5) is 11.3. The predicted octanol–water partition coefficient (Wildman–Crippen LogP) is 3.68. The first-order valence-corrected chi connectivity index (χ1v) is 5.42. The molecule has 86 valence electrons. The van der Waals surface area contributed by atoms with Crippen LogP contribution in [-0.2, 0) is 4.74 Å². The van der Waals surface area contributed by atoms with Crippen LogP contribution in [0.1, 0.15) is 25.3 Å². The second kappa shape index (κ2) is 6.67. The van der Waals surface area contributed by atoms with Gasteiger partial charge in [-0.1, -0.05) is 38.1 Å². The molecule has 0 saturated heterocycles. The third-order valence-corrected chi connectivity index (χ3v) is 2.10. The molecule has 1 aromatic carbocycles. The molecule has 0 saturated carbocycles. The highest BCUT2D eigenvalue weighted by Crippen LogP contribution is 2.11. The minimum absolute atomic E-state index is 0.408. The summed E-state index contributed by atoms with van der Waals surface area (Å²) in [5.74, 6) is 0. The van der Waals surface area contributed by atoms with E-state index in [1.54, 1.807) is 6.08 Å². The Morgan fingerprint density at radius 2 is 2.38 bits per heavy atom. The number of nitrogens with one attached hydrogen (secondary N) is 1. The largest absolute Gasteiger partial charge is 0.449 e. The lowest BCUT2D eigenvalue weighted by atomic mass is 10.2. The Balaban J connectivity index is 2.46. The van der Waals surface area contributed by atoms with Gasteiger partial charge in [0.05, 0.1) is 6.61 Å². The quantitative estimate of drug-likeness (QED) is 0.767. The average molecular weight is 219 g/mol. The van der Waals surface area contributed by atoms with Gasteiger partial charge in [0.15, 0.2) is 0 Å². The molecular weight excluding hydrogens is 202 g/mol. The Morgan fingerprint density at radius 3 is 3.06 bits per heavy atom. The third kappa shape index (κ3) is 4.17. The van der Waals surface area contributed by atoms with Crippen LogP contribution in [0.3, 0.4) is 0 Å². The van der Waals surface area contributed by atoms with E-state index in [1.165, 1.54) is 0 Å². The van der Waals surface area contributed by atoms with E-state index in [0.717, 1.165) is 24.1 Å². The van der Waals surface area contributed by atoms with Gasteiger partial charge >= 0.3 is 6.09 Å². The molecule has 0 fully saturated rings. The van der Waals surface area contributed by atoms with Gasteiger partial charge < -0.3 is 4.74 Å². The molecule has 0 aromatic heterocycles. The van der Waals surface area contributed by atoms with Gasteiger partial charge in [0.2, 0.25) is 0 Å². The number of amides is 1. The van der Waals surface area contributed by atoms with Crippen LogP contribution >= 0.6 is 0 Å². The van der Waals surface area contributed by atoms with E-state index in [-0.39, 0.29) is 0 Å². The Bertz CT molecular complexity index is 361. The molecule has 0 unspecified atom stereocenters. The summed E-state index contributed by atoms with van der Waals surface area (Å²) in [6, 6.07) is 7.43. The molecule has 0 heterocycles. The number of hydrogen-bond acceptors (Lipinski definition) is 2. The third-order valence-electron chi connectivity index (χ3n) is 2.10. The second-order valence-electron chi connectivity index (χ2n) is 3.44. The van der Waals surface area contributed by atoms with Crippen LogP contribution in [0.5, 0.6) is 0 Å². The second-order valence-corrected chi connectivity index (χ2v) is 3.44. The topological polar surface area (TPSA) is 38.3 Å². The van der Waals surface area contributed by atoms with Gasteiger partial charge in [0, 0.05) is 5.69 Å². The van der Waals surface area contributed by atoms with Crippen molar-refractivity contribution >= 4 is 17.9 Å². The van der Waals surface area contributed by atoms with Gasteiger partial charge in [-0.3, -0.25) is 5.32 Å². The van der Waals surface area contributed by atoms with Gasteiger partial charge in [0.25, 0.3) is 0 Å². The lowest BCUT2D eigenvalue weighted by Gasteiger charge is -2.06. The Morgan fingerprint density at radius 1 is 1.56 bits per heavy atom. The fourth-order valence-corrected chi connectivity index (χ4v) is 1.21. The molecule has 0 aliphatic heterocycles. The summed E-state index contributed by atoms with van der Waals surface area (Å²) in [5.41, 5.74) is 1.69. The van der Waals surface area contributed by atoms with Crippen molar-refractivity contribution in [1.29, 1.82) is 0 Å². The maximum atomic E-state index is 11.3. The molecule has 16 heavy (non-hydrogen) atoms. The minimum atomic E-state index is -0.408. The van der Waals surface area contributed by atoms with E-state index in [0.29, 0.717) is 6.61 Å². The minimum Gasteiger partial charge on any atom is -0.449 e. The summed E-state index contributed by atoms with van der Waals surface area (Å²) in [6.45, 7) is 6.18.